The van der Waals surface area contributed by atoms with Crippen molar-refractivity contribution in [3.63, 3.8) is 0 Å². The van der Waals surface area contributed by atoms with E-state index in [9.17, 15) is 9.90 Å². The van der Waals surface area contributed by atoms with Crippen LogP contribution in [0, 0.1) is 0 Å². The van der Waals surface area contributed by atoms with Gasteiger partial charge in [-0.2, -0.15) is 0 Å². The largest absolute Gasteiger partial charge is 0.457 e. The van der Waals surface area contributed by atoms with Gasteiger partial charge in [0.25, 0.3) is 0 Å². The number of aliphatic hydroxyl groups excluding tert-OH is 1. The van der Waals surface area contributed by atoms with Crippen LogP contribution in [0.5, 0.6) is 0 Å². The van der Waals surface area contributed by atoms with E-state index < -0.39 is 6.10 Å². The summed E-state index contributed by atoms with van der Waals surface area (Å²) in [5.74, 6) is -0.212. The zero-order valence-corrected chi connectivity index (χ0v) is 23.6. The number of carbonyl (C=O) groups is 1. The lowest BCUT2D eigenvalue weighted by molar-refractivity contribution is -0.154. The van der Waals surface area contributed by atoms with Crippen LogP contribution < -0.4 is 0 Å². The third kappa shape index (κ3) is 27.6. The van der Waals surface area contributed by atoms with Gasteiger partial charge in [0, 0.05) is 13.0 Å². The van der Waals surface area contributed by atoms with E-state index >= 15 is 0 Å². The number of aliphatic hydroxyl groups is 1. The molecule has 0 aromatic rings. The van der Waals surface area contributed by atoms with Crippen molar-refractivity contribution in [3.05, 3.63) is 12.2 Å². The van der Waals surface area contributed by atoms with Crippen molar-refractivity contribution in [2.75, 3.05) is 19.8 Å². The summed E-state index contributed by atoms with van der Waals surface area (Å²) in [6.45, 7) is 5.27. The van der Waals surface area contributed by atoms with Crippen LogP contribution in [-0.4, -0.2) is 37.0 Å². The number of unbranched alkanes of at least 4 members (excludes halogenated alkanes) is 18. The first-order chi connectivity index (χ1) is 17.2. The molecule has 0 aliphatic carbocycles. The van der Waals surface area contributed by atoms with Crippen LogP contribution in [0.25, 0.3) is 0 Å². The summed E-state index contributed by atoms with van der Waals surface area (Å²) >= 11 is 0. The van der Waals surface area contributed by atoms with Gasteiger partial charge in [0.15, 0.2) is 0 Å². The summed E-state index contributed by atoms with van der Waals surface area (Å²) in [6.07, 6.45) is 31.1. The van der Waals surface area contributed by atoms with Crippen LogP contribution in [0.3, 0.4) is 0 Å². The van der Waals surface area contributed by atoms with Crippen LogP contribution in [0.15, 0.2) is 12.2 Å². The van der Waals surface area contributed by atoms with Crippen molar-refractivity contribution >= 4 is 5.97 Å². The highest BCUT2D eigenvalue weighted by Crippen LogP contribution is 2.11. The Labute approximate surface area is 218 Å². The van der Waals surface area contributed by atoms with Gasteiger partial charge in [-0.05, 0) is 38.5 Å². The average Bonchev–Trinajstić information content (AvgIpc) is 2.86. The zero-order chi connectivity index (χ0) is 25.7. The first kappa shape index (κ1) is 34.1. The maximum atomic E-state index is 11.9. The van der Waals surface area contributed by atoms with Gasteiger partial charge in [0.05, 0.1) is 13.2 Å². The standard InChI is InChI=1S/C31H60O4/c1-3-5-7-9-11-12-13-14-15-16-17-18-19-20-21-23-25-27-34-29-30(28-32)35-31(33)26-24-22-10-8-6-4-2/h15-16,30,32H,3-14,17-29H2,1-2H3/b16-15-. The second-order valence-electron chi connectivity index (χ2n) is 10.2. The molecule has 1 N–H and O–H groups in total. The summed E-state index contributed by atoms with van der Waals surface area (Å²) in [6, 6.07) is 0. The van der Waals surface area contributed by atoms with Gasteiger partial charge in [0.2, 0.25) is 0 Å². The maximum absolute atomic E-state index is 11.9. The molecule has 0 bridgehead atoms. The molecule has 0 amide bonds. The Balaban J connectivity index is 3.39. The number of carbonyl (C=O) groups excluding carboxylic acids is 1. The van der Waals surface area contributed by atoms with E-state index in [-0.39, 0.29) is 12.6 Å². The van der Waals surface area contributed by atoms with Gasteiger partial charge >= 0.3 is 5.97 Å². The molecule has 0 saturated heterocycles. The molecule has 0 aliphatic heterocycles. The van der Waals surface area contributed by atoms with E-state index in [1.54, 1.807) is 0 Å². The third-order valence-electron chi connectivity index (χ3n) is 6.59. The molecule has 0 radical (unpaired) electrons. The van der Waals surface area contributed by atoms with Crippen molar-refractivity contribution in [2.45, 2.75) is 161 Å². The fourth-order valence-electron chi connectivity index (χ4n) is 4.26. The lowest BCUT2D eigenvalue weighted by atomic mass is 10.1. The van der Waals surface area contributed by atoms with Crippen LogP contribution in [0.2, 0.25) is 0 Å². The van der Waals surface area contributed by atoms with Crippen molar-refractivity contribution in [1.82, 2.24) is 0 Å². The van der Waals surface area contributed by atoms with E-state index in [2.05, 4.69) is 26.0 Å². The summed E-state index contributed by atoms with van der Waals surface area (Å²) in [7, 11) is 0. The Hall–Kier alpha value is -0.870. The Morgan fingerprint density at radius 1 is 0.657 bits per heavy atom. The smallest absolute Gasteiger partial charge is 0.306 e. The van der Waals surface area contributed by atoms with Crippen molar-refractivity contribution < 1.29 is 19.4 Å². The van der Waals surface area contributed by atoms with Crippen molar-refractivity contribution in [1.29, 1.82) is 0 Å². The molecule has 208 valence electrons. The van der Waals surface area contributed by atoms with E-state index in [1.807, 2.05) is 0 Å². The molecule has 0 fully saturated rings. The molecule has 0 saturated carbocycles. The van der Waals surface area contributed by atoms with Gasteiger partial charge < -0.3 is 14.6 Å². The highest BCUT2D eigenvalue weighted by Gasteiger charge is 2.13. The SMILES string of the molecule is CCCCCCCCC/C=C\CCCCCCCCOCC(CO)OC(=O)CCCCCCCC. The Morgan fingerprint density at radius 3 is 1.63 bits per heavy atom. The van der Waals surface area contributed by atoms with Gasteiger partial charge in [-0.1, -0.05) is 122 Å². The molecular formula is C31H60O4. The topological polar surface area (TPSA) is 55.8 Å². The molecule has 1 unspecified atom stereocenters. The number of rotatable bonds is 28. The summed E-state index contributed by atoms with van der Waals surface area (Å²) < 4.78 is 11.0. The van der Waals surface area contributed by atoms with Gasteiger partial charge in [0.1, 0.15) is 6.10 Å². The van der Waals surface area contributed by atoms with E-state index in [0.29, 0.717) is 19.6 Å². The van der Waals surface area contributed by atoms with Gasteiger partial charge in [-0.15, -0.1) is 0 Å². The Morgan fingerprint density at radius 2 is 1.11 bits per heavy atom. The fraction of sp³-hybridized carbons (Fsp3) is 0.903. The second kappa shape index (κ2) is 29.4. The van der Waals surface area contributed by atoms with E-state index in [4.69, 9.17) is 9.47 Å². The molecule has 0 aromatic heterocycles. The quantitative estimate of drug-likeness (QED) is 0.0666. The maximum Gasteiger partial charge on any atom is 0.306 e. The molecule has 0 spiro atoms. The van der Waals surface area contributed by atoms with Crippen molar-refractivity contribution in [3.8, 4) is 0 Å². The summed E-state index contributed by atoms with van der Waals surface area (Å²) in [5.41, 5.74) is 0. The molecule has 0 aromatic carbocycles. The minimum absolute atomic E-state index is 0.171. The molecule has 4 nitrogen and oxygen atoms in total. The first-order valence-corrected chi connectivity index (χ1v) is 15.3. The highest BCUT2D eigenvalue weighted by atomic mass is 16.6. The number of esters is 1. The fourth-order valence-corrected chi connectivity index (χ4v) is 4.26. The van der Waals surface area contributed by atoms with Crippen LogP contribution in [-0.2, 0) is 14.3 Å². The predicted molar refractivity (Wildman–Crippen MR) is 150 cm³/mol. The van der Waals surface area contributed by atoms with Crippen LogP contribution in [0.4, 0.5) is 0 Å². The van der Waals surface area contributed by atoms with Gasteiger partial charge in [-0.3, -0.25) is 4.79 Å². The Bertz CT molecular complexity index is 449. The highest BCUT2D eigenvalue weighted by molar-refractivity contribution is 5.69. The second-order valence-corrected chi connectivity index (χ2v) is 10.2. The molecule has 1 atom stereocenters. The normalized spacial score (nSPS) is 12.4. The lowest BCUT2D eigenvalue weighted by Crippen LogP contribution is -2.27. The van der Waals surface area contributed by atoms with Gasteiger partial charge in [-0.25, -0.2) is 0 Å². The molecule has 0 aliphatic rings. The number of allylic oxidation sites excluding steroid dienone is 2. The predicted octanol–water partition coefficient (Wildman–Crippen LogP) is 9.09. The minimum Gasteiger partial charge on any atom is -0.457 e. The number of hydrogen-bond acceptors (Lipinski definition) is 4. The number of hydrogen-bond donors (Lipinski definition) is 1. The van der Waals surface area contributed by atoms with Crippen LogP contribution >= 0.6 is 0 Å². The lowest BCUT2D eigenvalue weighted by Gasteiger charge is -2.15. The monoisotopic (exact) mass is 496 g/mol. The third-order valence-corrected chi connectivity index (χ3v) is 6.59. The van der Waals surface area contributed by atoms with E-state index in [0.717, 1.165) is 19.3 Å². The Kier molecular flexibility index (Phi) is 28.6. The molecule has 4 heteroatoms. The molecular weight excluding hydrogens is 436 g/mol. The van der Waals surface area contributed by atoms with Crippen molar-refractivity contribution in [2.24, 2.45) is 0 Å². The van der Waals surface area contributed by atoms with Crippen LogP contribution in [0.1, 0.15) is 155 Å². The number of ether oxygens (including phenoxy) is 2. The molecule has 0 rings (SSSR count). The summed E-state index contributed by atoms with van der Waals surface area (Å²) in [5, 5.41) is 9.43. The minimum atomic E-state index is -0.526. The first-order valence-electron chi connectivity index (χ1n) is 15.3. The average molecular weight is 497 g/mol. The zero-order valence-electron chi connectivity index (χ0n) is 23.6. The molecule has 0 heterocycles. The summed E-state index contributed by atoms with van der Waals surface area (Å²) in [4.78, 5) is 11.9. The van der Waals surface area contributed by atoms with E-state index in [1.165, 1.54) is 116 Å². The molecule has 35 heavy (non-hydrogen) atoms.